The lowest BCUT2D eigenvalue weighted by Gasteiger charge is -2.21. The van der Waals surface area contributed by atoms with Crippen LogP contribution < -0.4 is 0 Å². The fourth-order valence-electron chi connectivity index (χ4n) is 4.42. The first kappa shape index (κ1) is 24.6. The van der Waals surface area contributed by atoms with E-state index in [1.165, 1.54) is 18.2 Å². The molecule has 0 radical (unpaired) electrons. The minimum absolute atomic E-state index is 0.00137. The minimum Gasteiger partial charge on any atom is -0.481 e. The lowest BCUT2D eigenvalue weighted by atomic mass is 9.87. The van der Waals surface area contributed by atoms with Gasteiger partial charge in [0.15, 0.2) is 0 Å². The van der Waals surface area contributed by atoms with Crippen LogP contribution in [0.4, 0.5) is 4.39 Å². The second-order valence-electron chi connectivity index (χ2n) is 9.02. The zero-order valence-electron chi connectivity index (χ0n) is 19.6. The van der Waals surface area contributed by atoms with Gasteiger partial charge in [0.1, 0.15) is 11.5 Å². The fraction of sp³-hybridized carbons (Fsp3) is 0.400. The van der Waals surface area contributed by atoms with Gasteiger partial charge in [0.05, 0.1) is 24.3 Å². The number of aromatic nitrogens is 5. The lowest BCUT2D eigenvalue weighted by molar-refractivity contribution is -0.139. The molecule has 35 heavy (non-hydrogen) atoms. The van der Waals surface area contributed by atoms with Crippen molar-refractivity contribution < 1.29 is 24.5 Å². The third kappa shape index (κ3) is 5.44. The van der Waals surface area contributed by atoms with Gasteiger partial charge in [-0.25, -0.2) is 14.1 Å². The molecule has 9 nitrogen and oxygen atoms in total. The molecule has 2 aromatic heterocycles. The average Bonchev–Trinajstić information content (AvgIpc) is 3.18. The molecule has 0 amide bonds. The number of aliphatic carboxylic acids is 1. The van der Waals surface area contributed by atoms with Crippen molar-refractivity contribution in [1.29, 1.82) is 0 Å². The van der Waals surface area contributed by atoms with E-state index in [4.69, 9.17) is 10.1 Å². The van der Waals surface area contributed by atoms with E-state index in [9.17, 15) is 19.4 Å². The van der Waals surface area contributed by atoms with E-state index < -0.39 is 24.6 Å². The van der Waals surface area contributed by atoms with Crippen LogP contribution in [0.15, 0.2) is 30.3 Å². The van der Waals surface area contributed by atoms with Crippen LogP contribution in [0.5, 0.6) is 0 Å². The van der Waals surface area contributed by atoms with Crippen molar-refractivity contribution in [1.82, 2.24) is 25.2 Å². The molecule has 3 N–H and O–H groups in total. The maximum absolute atomic E-state index is 13.8. The number of hydrogen-bond donors (Lipinski definition) is 3. The number of hydrogen-bond acceptors (Lipinski definition) is 7. The molecule has 10 heteroatoms. The van der Waals surface area contributed by atoms with Crippen LogP contribution in [0.2, 0.25) is 0 Å². The van der Waals surface area contributed by atoms with Gasteiger partial charge in [0.25, 0.3) is 0 Å². The van der Waals surface area contributed by atoms with Crippen LogP contribution in [-0.4, -0.2) is 58.7 Å². The number of fused-ring (bicyclic) bond motifs is 3. The number of nitrogens with zero attached hydrogens (tertiary/aromatic N) is 5. The Morgan fingerprint density at radius 3 is 2.66 bits per heavy atom. The van der Waals surface area contributed by atoms with E-state index in [1.54, 1.807) is 22.9 Å². The number of carboxylic acid groups (broad SMARTS) is 1. The molecule has 0 saturated carbocycles. The quantitative estimate of drug-likeness (QED) is 0.447. The second-order valence-corrected chi connectivity index (χ2v) is 9.02. The summed E-state index contributed by atoms with van der Waals surface area (Å²) in [6, 6.07) is 6.24. The van der Waals surface area contributed by atoms with Crippen molar-refractivity contribution in [3.8, 4) is 22.6 Å². The number of halogens is 1. The molecule has 0 saturated heterocycles. The summed E-state index contributed by atoms with van der Waals surface area (Å²) >= 11 is 0. The number of aryl methyl sites for hydroxylation is 1. The molecule has 0 bridgehead atoms. The van der Waals surface area contributed by atoms with Crippen LogP contribution in [0.3, 0.4) is 0 Å². The molecular weight excluding hydrogens is 453 g/mol. The highest BCUT2D eigenvalue weighted by Gasteiger charge is 2.27. The highest BCUT2D eigenvalue weighted by Crippen LogP contribution is 2.40. The van der Waals surface area contributed by atoms with Gasteiger partial charge < -0.3 is 15.3 Å². The Kier molecular flexibility index (Phi) is 7.32. The fourth-order valence-corrected chi connectivity index (χ4v) is 4.42. The predicted molar refractivity (Wildman–Crippen MR) is 127 cm³/mol. The van der Waals surface area contributed by atoms with Gasteiger partial charge >= 0.3 is 5.97 Å². The van der Waals surface area contributed by atoms with Crippen molar-refractivity contribution in [2.45, 2.75) is 64.2 Å². The molecule has 1 aromatic carbocycles. The van der Waals surface area contributed by atoms with Crippen LogP contribution >= 0.6 is 0 Å². The Hall–Kier alpha value is -3.50. The Labute approximate surface area is 202 Å². The predicted octanol–water partition coefficient (Wildman–Crippen LogP) is 3.21. The Morgan fingerprint density at radius 2 is 1.97 bits per heavy atom. The normalized spacial score (nSPS) is 15.0. The van der Waals surface area contributed by atoms with Crippen LogP contribution in [0.25, 0.3) is 28.7 Å². The molecule has 184 valence electrons. The summed E-state index contributed by atoms with van der Waals surface area (Å²) < 4.78 is 15.5. The summed E-state index contributed by atoms with van der Waals surface area (Å²) in [6.45, 7) is 4.66. The van der Waals surface area contributed by atoms with Gasteiger partial charge in [-0.05, 0) is 58.0 Å². The van der Waals surface area contributed by atoms with Gasteiger partial charge in [-0.2, -0.15) is 0 Å². The first-order chi connectivity index (χ1) is 16.7. The van der Waals surface area contributed by atoms with Crippen LogP contribution in [0.1, 0.15) is 55.8 Å². The SMILES string of the molecule is CC(C)c1nc2c(c(-c3ccc(F)cc3)c1/C=C/[C@@H](O)C[C@@H](O)CC(=O)O)CCCn1nnnc1-2. The molecule has 4 rings (SSSR count). The molecule has 0 fully saturated rings. The van der Waals surface area contributed by atoms with Gasteiger partial charge in [-0.3, -0.25) is 4.79 Å². The van der Waals surface area contributed by atoms with Crippen LogP contribution in [0, 0.1) is 5.82 Å². The Morgan fingerprint density at radius 1 is 1.23 bits per heavy atom. The van der Waals surface area contributed by atoms with E-state index in [0.29, 0.717) is 24.5 Å². The third-order valence-electron chi connectivity index (χ3n) is 5.99. The highest BCUT2D eigenvalue weighted by molar-refractivity contribution is 5.84. The van der Waals surface area contributed by atoms with Crippen molar-refractivity contribution in [2.75, 3.05) is 0 Å². The first-order valence-corrected chi connectivity index (χ1v) is 11.6. The molecule has 1 aliphatic rings. The van der Waals surface area contributed by atoms with Gasteiger partial charge in [-0.15, -0.1) is 5.10 Å². The van der Waals surface area contributed by atoms with Crippen molar-refractivity contribution in [2.24, 2.45) is 0 Å². The van der Waals surface area contributed by atoms with E-state index in [1.807, 2.05) is 13.8 Å². The van der Waals surface area contributed by atoms with Crippen LogP contribution in [-0.2, 0) is 17.8 Å². The van der Waals surface area contributed by atoms with E-state index in [0.717, 1.165) is 34.4 Å². The topological polar surface area (TPSA) is 134 Å². The second kappa shape index (κ2) is 10.4. The Balaban J connectivity index is 1.87. The largest absolute Gasteiger partial charge is 0.481 e. The van der Waals surface area contributed by atoms with E-state index in [-0.39, 0.29) is 18.2 Å². The van der Waals surface area contributed by atoms with Crippen molar-refractivity contribution in [3.05, 3.63) is 53.0 Å². The zero-order chi connectivity index (χ0) is 25.1. The lowest BCUT2D eigenvalue weighted by Crippen LogP contribution is -2.19. The number of carbonyl (C=O) groups is 1. The minimum atomic E-state index is -1.17. The number of pyridine rings is 1. The number of aliphatic hydroxyl groups is 2. The number of benzene rings is 1. The number of carboxylic acids is 1. The standard InChI is InChI=1S/C25H28FN5O4/c1-14(2)23-20(10-9-17(32)12-18(33)13-21(34)35)22(15-5-7-16(26)8-6-15)19-4-3-11-31-25(24(19)27-23)28-29-30-31/h5-10,14,17-18,32-33H,3-4,11-13H2,1-2H3,(H,34,35)/b10-9+/t17-,18-/m1/s1. The highest BCUT2D eigenvalue weighted by atomic mass is 19.1. The summed E-state index contributed by atoms with van der Waals surface area (Å²) in [5.74, 6) is -0.898. The van der Waals surface area contributed by atoms with Gasteiger partial charge in [-0.1, -0.05) is 38.1 Å². The molecular formula is C25H28FN5O4. The Bertz CT molecular complexity index is 1240. The first-order valence-electron chi connectivity index (χ1n) is 11.6. The molecule has 0 spiro atoms. The number of tetrazole rings is 1. The van der Waals surface area contributed by atoms with Crippen molar-refractivity contribution in [3.63, 3.8) is 0 Å². The summed E-state index contributed by atoms with van der Waals surface area (Å²) in [4.78, 5) is 15.8. The van der Waals surface area contributed by atoms with Gasteiger partial charge in [0, 0.05) is 18.5 Å². The maximum atomic E-state index is 13.8. The summed E-state index contributed by atoms with van der Waals surface area (Å²) in [5.41, 5.74) is 4.82. The smallest absolute Gasteiger partial charge is 0.305 e. The summed E-state index contributed by atoms with van der Waals surface area (Å²) in [5, 5.41) is 41.4. The molecule has 2 atom stereocenters. The number of rotatable bonds is 8. The van der Waals surface area contributed by atoms with E-state index in [2.05, 4.69) is 15.5 Å². The molecule has 3 aromatic rings. The number of aliphatic hydroxyl groups excluding tert-OH is 2. The van der Waals surface area contributed by atoms with E-state index >= 15 is 0 Å². The average molecular weight is 482 g/mol. The monoisotopic (exact) mass is 481 g/mol. The molecule has 0 aliphatic carbocycles. The van der Waals surface area contributed by atoms with Gasteiger partial charge in [0.2, 0.25) is 5.82 Å². The molecule has 3 heterocycles. The molecule has 1 aliphatic heterocycles. The third-order valence-corrected chi connectivity index (χ3v) is 5.99. The van der Waals surface area contributed by atoms with Crippen molar-refractivity contribution >= 4 is 12.0 Å². The summed E-state index contributed by atoms with van der Waals surface area (Å²) in [7, 11) is 0. The maximum Gasteiger partial charge on any atom is 0.305 e. The summed E-state index contributed by atoms with van der Waals surface area (Å²) in [6.07, 6.45) is 1.99. The zero-order valence-corrected chi connectivity index (χ0v) is 19.6. The molecule has 0 unspecified atom stereocenters.